The van der Waals surface area contributed by atoms with Crippen molar-refractivity contribution >= 4 is 34.7 Å². The van der Waals surface area contributed by atoms with Crippen LogP contribution in [0, 0.1) is 36.4 Å². The van der Waals surface area contributed by atoms with Gasteiger partial charge in [0.2, 0.25) is 5.91 Å². The summed E-state index contributed by atoms with van der Waals surface area (Å²) in [5.74, 6) is -12.8. The fourth-order valence-corrected chi connectivity index (χ4v) is 5.85. The number of Topliss-reactive ketones (excluding diaryl/α,β-unsaturated/α-hetero) is 4. The molecular weight excluding hydrogens is 437 g/mol. The van der Waals surface area contributed by atoms with E-state index in [0.717, 1.165) is 0 Å². The number of rotatable bonds is 2. The smallest absolute Gasteiger partial charge is 0.235 e. The molecule has 0 bridgehead atoms. The largest absolute Gasteiger partial charge is 0.505 e. The highest BCUT2D eigenvalue weighted by molar-refractivity contribution is 6.32. The van der Waals surface area contributed by atoms with E-state index < -0.39 is 81.5 Å². The average Bonchev–Trinajstić information content (AvgIpc) is 2.72. The molecule has 4 rings (SSSR count). The highest BCUT2D eigenvalue weighted by Crippen LogP contribution is 2.51. The van der Waals surface area contributed by atoms with Crippen LogP contribution in [0.2, 0.25) is 0 Å². The summed E-state index contributed by atoms with van der Waals surface area (Å²) < 4.78 is 15.0. The number of phenolic OH excluding ortho intramolecular Hbond substituents is 1. The summed E-state index contributed by atoms with van der Waals surface area (Å²) in [6, 6.07) is -1.21. The third-order valence-corrected chi connectivity index (χ3v) is 7.45. The van der Waals surface area contributed by atoms with Crippen LogP contribution < -0.4 is 11.5 Å². The molecule has 0 spiro atoms. The molecule has 1 amide bonds. The van der Waals surface area contributed by atoms with Crippen LogP contribution in [0.1, 0.15) is 27.9 Å². The number of aliphatic hydroxyl groups is 1. The summed E-state index contributed by atoms with van der Waals surface area (Å²) in [5, 5.41) is 21.9. The molecule has 176 valence electrons. The predicted octanol–water partition coefficient (Wildman–Crippen LogP) is -1.10. The third-order valence-electron chi connectivity index (χ3n) is 7.45. The molecule has 33 heavy (non-hydrogen) atoms. The van der Waals surface area contributed by atoms with Crippen LogP contribution in [0.25, 0.3) is 0 Å². The topological polar surface area (TPSA) is 181 Å². The predicted molar refractivity (Wildman–Crippen MR) is 110 cm³/mol. The number of nitrogens with zero attached hydrogens (tertiary/aromatic N) is 1. The number of benzene rings is 1. The first-order chi connectivity index (χ1) is 15.3. The molecule has 6 atom stereocenters. The zero-order chi connectivity index (χ0) is 24.7. The summed E-state index contributed by atoms with van der Waals surface area (Å²) in [4.78, 5) is 66.2. The summed E-state index contributed by atoms with van der Waals surface area (Å²) in [6.07, 6.45) is -0.292. The number of nitrogens with two attached hydrogens (primary N) is 2. The maximum atomic E-state index is 15.0. The number of fused-ring (bicyclic) bond motifs is 3. The molecule has 0 aromatic heterocycles. The van der Waals surface area contributed by atoms with Gasteiger partial charge in [-0.15, -0.1) is 0 Å². The molecule has 0 heterocycles. The van der Waals surface area contributed by atoms with Crippen LogP contribution in [-0.4, -0.2) is 69.9 Å². The first-order valence-electron chi connectivity index (χ1n) is 10.4. The van der Waals surface area contributed by atoms with Crippen molar-refractivity contribution in [2.24, 2.45) is 29.4 Å². The second-order valence-electron chi connectivity index (χ2n) is 9.34. The second-order valence-corrected chi connectivity index (χ2v) is 9.34. The van der Waals surface area contributed by atoms with Crippen LogP contribution in [0.15, 0.2) is 0 Å². The van der Waals surface area contributed by atoms with Gasteiger partial charge in [-0.05, 0) is 39.8 Å². The Morgan fingerprint density at radius 1 is 1.18 bits per heavy atom. The Hall–Kier alpha value is -3.18. The normalized spacial score (nSPS) is 33.6. The van der Waals surface area contributed by atoms with Crippen LogP contribution >= 0.6 is 0 Å². The third kappa shape index (κ3) is 2.75. The Balaban J connectivity index is 1.91. The lowest BCUT2D eigenvalue weighted by Gasteiger charge is -2.52. The van der Waals surface area contributed by atoms with E-state index in [1.54, 1.807) is 0 Å². The Bertz CT molecular complexity index is 1160. The number of likely N-dealkylation sites (N-methyl/N-ethyl adjacent to an activating group) is 1. The highest BCUT2D eigenvalue weighted by atomic mass is 19.1. The van der Waals surface area contributed by atoms with Crippen molar-refractivity contribution in [1.82, 2.24) is 4.90 Å². The van der Waals surface area contributed by atoms with Gasteiger partial charge in [0.25, 0.3) is 0 Å². The van der Waals surface area contributed by atoms with Crippen LogP contribution in [-0.2, 0) is 25.6 Å². The summed E-state index contributed by atoms with van der Waals surface area (Å²) in [6.45, 7) is 1.34. The molecule has 2 unspecified atom stereocenters. The molecule has 0 saturated heterocycles. The van der Waals surface area contributed by atoms with Crippen molar-refractivity contribution in [2.75, 3.05) is 19.8 Å². The van der Waals surface area contributed by atoms with Gasteiger partial charge in [-0.2, -0.15) is 0 Å². The Labute approximate surface area is 187 Å². The number of phenols is 1. The van der Waals surface area contributed by atoms with Crippen molar-refractivity contribution in [3.05, 3.63) is 22.5 Å². The minimum Gasteiger partial charge on any atom is -0.505 e. The second kappa shape index (κ2) is 7.16. The van der Waals surface area contributed by atoms with Gasteiger partial charge in [-0.3, -0.25) is 28.9 Å². The van der Waals surface area contributed by atoms with Gasteiger partial charge in [0.05, 0.1) is 23.2 Å². The monoisotopic (exact) mass is 461 g/mol. The van der Waals surface area contributed by atoms with Gasteiger partial charge >= 0.3 is 0 Å². The number of aromatic hydroxyl groups is 1. The first-order valence-corrected chi connectivity index (χ1v) is 10.4. The number of amides is 1. The van der Waals surface area contributed by atoms with E-state index >= 15 is 0 Å². The summed E-state index contributed by atoms with van der Waals surface area (Å²) in [7, 11) is 2.97. The van der Waals surface area contributed by atoms with Gasteiger partial charge in [0.1, 0.15) is 11.6 Å². The van der Waals surface area contributed by atoms with E-state index in [0.29, 0.717) is 0 Å². The number of halogens is 1. The van der Waals surface area contributed by atoms with Gasteiger partial charge in [0.15, 0.2) is 34.7 Å². The summed E-state index contributed by atoms with van der Waals surface area (Å²) in [5.41, 5.74) is 7.20. The molecule has 2 fully saturated rings. The average molecular weight is 461 g/mol. The van der Waals surface area contributed by atoms with Crippen molar-refractivity contribution < 1.29 is 38.6 Å². The van der Waals surface area contributed by atoms with Gasteiger partial charge in [0, 0.05) is 17.0 Å². The number of carbonyl (C=O) groups excluding carboxylic acids is 5. The number of hydrogen-bond acceptors (Lipinski definition) is 9. The molecule has 1 aromatic rings. The first kappa shape index (κ1) is 23.0. The van der Waals surface area contributed by atoms with Crippen LogP contribution in [0.4, 0.5) is 10.1 Å². The maximum Gasteiger partial charge on any atom is 0.235 e. The molecule has 0 aliphatic heterocycles. The molecule has 11 heteroatoms. The van der Waals surface area contributed by atoms with Crippen molar-refractivity contribution in [3.63, 3.8) is 0 Å². The molecule has 3 aliphatic rings. The van der Waals surface area contributed by atoms with Gasteiger partial charge < -0.3 is 21.7 Å². The number of ketones is 4. The van der Waals surface area contributed by atoms with Gasteiger partial charge in [-0.1, -0.05) is 0 Å². The molecule has 10 nitrogen and oxygen atoms in total. The number of carbonyl (C=O) groups is 5. The van der Waals surface area contributed by atoms with E-state index in [9.17, 15) is 38.6 Å². The molecule has 2 saturated carbocycles. The fourth-order valence-electron chi connectivity index (χ4n) is 5.85. The van der Waals surface area contributed by atoms with Crippen LogP contribution in [0.3, 0.4) is 0 Å². The number of nitrogen functional groups attached to an aromatic ring is 1. The zero-order valence-electron chi connectivity index (χ0n) is 18.2. The number of primary amides is 1. The lowest BCUT2D eigenvalue weighted by atomic mass is 9.52. The molecule has 0 radical (unpaired) electrons. The lowest BCUT2D eigenvalue weighted by molar-refractivity contribution is -0.181. The van der Waals surface area contributed by atoms with Crippen molar-refractivity contribution in [1.29, 1.82) is 0 Å². The quantitative estimate of drug-likeness (QED) is 0.241. The number of anilines is 1. The van der Waals surface area contributed by atoms with E-state index in [-0.39, 0.29) is 29.7 Å². The zero-order valence-corrected chi connectivity index (χ0v) is 18.2. The van der Waals surface area contributed by atoms with Crippen molar-refractivity contribution in [3.8, 4) is 5.75 Å². The van der Waals surface area contributed by atoms with Crippen LogP contribution in [0.5, 0.6) is 5.75 Å². The fraction of sp³-hybridized carbons (Fsp3) is 0.500. The Morgan fingerprint density at radius 2 is 1.79 bits per heavy atom. The van der Waals surface area contributed by atoms with Crippen molar-refractivity contribution in [2.45, 2.75) is 31.4 Å². The Morgan fingerprint density at radius 3 is 2.33 bits per heavy atom. The highest BCUT2D eigenvalue weighted by Gasteiger charge is 2.69. The standard InChI is InChI=1S/C22H24FN3O7/c1-6-13(23)8-4-7-5-9-15(26(2)3)18(29)12(21(25)32)20(31)22(9,33)19(30)10(7)16(27)11(8)17(28)14(6)24/h7,9-10,12,15,28,33H,4-5,24H2,1-3H3,(H2,25,32)/t7-,9-,10?,12?,15-,22-/m0/s1. The van der Waals surface area contributed by atoms with E-state index in [1.807, 2.05) is 0 Å². The van der Waals surface area contributed by atoms with E-state index in [1.165, 1.54) is 25.9 Å². The molecule has 1 aromatic carbocycles. The maximum absolute atomic E-state index is 15.0. The molecule has 3 aliphatic carbocycles. The van der Waals surface area contributed by atoms with Gasteiger partial charge in [-0.25, -0.2) is 4.39 Å². The lowest BCUT2D eigenvalue weighted by Crippen LogP contribution is -2.74. The Kier molecular flexibility index (Phi) is 4.99. The number of hydrogen-bond donors (Lipinski definition) is 4. The van der Waals surface area contributed by atoms with E-state index in [4.69, 9.17) is 11.5 Å². The summed E-state index contributed by atoms with van der Waals surface area (Å²) >= 11 is 0. The molecule has 6 N–H and O–H groups in total. The van der Waals surface area contributed by atoms with E-state index in [2.05, 4.69) is 0 Å². The minimum absolute atomic E-state index is 0.0466. The minimum atomic E-state index is -2.82. The molecular formula is C22H24FN3O7. The SMILES string of the molecule is Cc1c(N)c(O)c2c(c1F)C[C@H]1C[C@H]3[C@H](N(C)C)C(=O)C(C(N)=O)C(=O)[C@@]3(O)C(=O)C1C2=O.